The molecule has 0 saturated carbocycles. The molecule has 0 aromatic carbocycles. The molecule has 10 nitrogen and oxygen atoms in total. The highest BCUT2D eigenvalue weighted by atomic mass is 35.5. The molecule has 0 unspecified atom stereocenters. The largest absolute Gasteiger partial charge is 0.341 e. The zero-order valence-corrected chi connectivity index (χ0v) is 12.8. The molecular weight excluding hydrogens is 316 g/mol. The van der Waals surface area contributed by atoms with Crippen molar-refractivity contribution in [1.82, 2.24) is 29.3 Å². The highest BCUT2D eigenvalue weighted by molar-refractivity contribution is 6.29. The predicted molar refractivity (Wildman–Crippen MR) is 77.8 cm³/mol. The average Bonchev–Trinajstić information content (AvgIpc) is 2.79. The van der Waals surface area contributed by atoms with Gasteiger partial charge >= 0.3 is 11.7 Å². The van der Waals surface area contributed by atoms with Crippen molar-refractivity contribution in [3.8, 4) is 0 Å². The number of fused-ring (bicyclic) bond motifs is 1. The fourth-order valence-electron chi connectivity index (χ4n) is 1.94. The molecule has 2 rings (SSSR count). The summed E-state index contributed by atoms with van der Waals surface area (Å²) in [6, 6.07) is -0.689. The smallest absolute Gasteiger partial charge is 0.332 e. The molecule has 22 heavy (non-hydrogen) atoms. The summed E-state index contributed by atoms with van der Waals surface area (Å²) in [4.78, 5) is 50.8. The number of nitrogens with zero attached hydrogens (tertiary/aromatic N) is 4. The summed E-state index contributed by atoms with van der Waals surface area (Å²) in [5.74, 6) is -0.684. The van der Waals surface area contributed by atoms with E-state index in [0.717, 1.165) is 13.7 Å². The van der Waals surface area contributed by atoms with Gasteiger partial charge in [-0.15, -0.1) is 0 Å². The fourth-order valence-corrected chi connectivity index (χ4v) is 2.16. The van der Waals surface area contributed by atoms with Gasteiger partial charge in [-0.25, -0.2) is 9.59 Å². The Balaban J connectivity index is 2.59. The van der Waals surface area contributed by atoms with Crippen LogP contribution in [-0.4, -0.2) is 37.7 Å². The van der Waals surface area contributed by atoms with Crippen molar-refractivity contribution >= 4 is 34.7 Å². The Labute approximate surface area is 128 Å². The molecule has 0 saturated heterocycles. The Hall–Kier alpha value is -2.62. The highest BCUT2D eigenvalue weighted by Crippen LogP contribution is 2.15. The monoisotopic (exact) mass is 328 g/mol. The van der Waals surface area contributed by atoms with E-state index >= 15 is 0 Å². The minimum atomic E-state index is -0.689. The van der Waals surface area contributed by atoms with Gasteiger partial charge in [-0.05, 0) is 11.6 Å². The van der Waals surface area contributed by atoms with Crippen molar-refractivity contribution in [2.75, 3.05) is 7.05 Å². The number of rotatable bonds is 2. The first-order valence-corrected chi connectivity index (χ1v) is 6.49. The van der Waals surface area contributed by atoms with Gasteiger partial charge in [0.05, 0.1) is 0 Å². The van der Waals surface area contributed by atoms with Crippen molar-refractivity contribution in [3.63, 3.8) is 0 Å². The Morgan fingerprint density at radius 1 is 1.23 bits per heavy atom. The first-order valence-electron chi connectivity index (χ1n) is 6.11. The summed E-state index contributed by atoms with van der Waals surface area (Å²) in [7, 11) is 4.09. The van der Waals surface area contributed by atoms with Crippen LogP contribution in [0.4, 0.5) is 4.79 Å². The van der Waals surface area contributed by atoms with Gasteiger partial charge < -0.3 is 5.32 Å². The lowest BCUT2D eigenvalue weighted by Crippen LogP contribution is -2.40. The second kappa shape index (κ2) is 5.64. The standard InChI is InChI=1S/C11H13ClN6O4/c1-13-10(21)14-5(19)4-18-6-7(15-9(18)12)16(2)11(22)17(3)8(6)20/h4H2,1-3H3,(H2,13,14,19,21). The van der Waals surface area contributed by atoms with E-state index < -0.39 is 29.7 Å². The maximum atomic E-state index is 12.2. The van der Waals surface area contributed by atoms with Crippen molar-refractivity contribution in [2.24, 2.45) is 14.1 Å². The number of carbonyl (C=O) groups excluding carboxylic acids is 2. The first-order chi connectivity index (χ1) is 10.3. The number of amides is 3. The second-order valence-electron chi connectivity index (χ2n) is 4.47. The zero-order valence-electron chi connectivity index (χ0n) is 12.0. The van der Waals surface area contributed by atoms with E-state index in [2.05, 4.69) is 10.3 Å². The molecule has 0 aliphatic heterocycles. The number of nitrogens with one attached hydrogen (secondary N) is 2. The molecule has 2 N–H and O–H groups in total. The fraction of sp³-hybridized carbons (Fsp3) is 0.364. The number of imide groups is 1. The van der Waals surface area contributed by atoms with E-state index in [1.54, 1.807) is 0 Å². The van der Waals surface area contributed by atoms with Gasteiger partial charge in [0.15, 0.2) is 11.2 Å². The number of urea groups is 1. The molecule has 118 valence electrons. The summed E-state index contributed by atoms with van der Waals surface area (Å²) in [6.07, 6.45) is 0. The maximum absolute atomic E-state index is 12.2. The Morgan fingerprint density at radius 3 is 2.45 bits per heavy atom. The van der Waals surface area contributed by atoms with Crippen molar-refractivity contribution in [2.45, 2.75) is 6.54 Å². The lowest BCUT2D eigenvalue weighted by Gasteiger charge is -2.07. The normalized spacial score (nSPS) is 10.7. The lowest BCUT2D eigenvalue weighted by atomic mass is 10.4. The molecule has 11 heteroatoms. The minimum Gasteiger partial charge on any atom is -0.341 e. The third kappa shape index (κ3) is 2.48. The van der Waals surface area contributed by atoms with E-state index in [1.165, 1.54) is 21.1 Å². The number of hydrogen-bond donors (Lipinski definition) is 2. The molecule has 3 amide bonds. The third-order valence-electron chi connectivity index (χ3n) is 3.08. The minimum absolute atomic E-state index is 0.00153. The van der Waals surface area contributed by atoms with Gasteiger partial charge in [0.2, 0.25) is 11.2 Å². The van der Waals surface area contributed by atoms with Crippen LogP contribution in [-0.2, 0) is 25.4 Å². The number of hydrogen-bond acceptors (Lipinski definition) is 5. The molecule has 0 spiro atoms. The van der Waals surface area contributed by atoms with Crippen LogP contribution in [0.2, 0.25) is 5.28 Å². The van der Waals surface area contributed by atoms with Crippen LogP contribution < -0.4 is 21.9 Å². The summed E-state index contributed by atoms with van der Waals surface area (Å²) in [5, 5.41) is 4.13. The molecular formula is C11H13ClN6O4. The molecule has 0 aliphatic carbocycles. The van der Waals surface area contributed by atoms with Gasteiger partial charge in [0.25, 0.3) is 5.56 Å². The van der Waals surface area contributed by atoms with E-state index in [9.17, 15) is 19.2 Å². The summed E-state index contributed by atoms with van der Waals surface area (Å²) in [5.41, 5.74) is -1.13. The number of carbonyl (C=O) groups is 2. The molecule has 0 bridgehead atoms. The Morgan fingerprint density at radius 2 is 1.86 bits per heavy atom. The topological polar surface area (TPSA) is 120 Å². The highest BCUT2D eigenvalue weighted by Gasteiger charge is 2.20. The van der Waals surface area contributed by atoms with Crippen LogP contribution in [0.3, 0.4) is 0 Å². The number of halogens is 1. The second-order valence-corrected chi connectivity index (χ2v) is 4.81. The van der Waals surface area contributed by atoms with Gasteiger partial charge in [0, 0.05) is 21.1 Å². The van der Waals surface area contributed by atoms with Gasteiger partial charge in [-0.3, -0.25) is 28.6 Å². The predicted octanol–water partition coefficient (Wildman–Crippen LogP) is -1.46. The first kappa shape index (κ1) is 15.8. The van der Waals surface area contributed by atoms with E-state index in [0.29, 0.717) is 0 Å². The van der Waals surface area contributed by atoms with Crippen LogP contribution in [0, 0.1) is 0 Å². The lowest BCUT2D eigenvalue weighted by molar-refractivity contribution is -0.120. The van der Waals surface area contributed by atoms with E-state index in [1.807, 2.05) is 5.32 Å². The number of aromatic nitrogens is 4. The van der Waals surface area contributed by atoms with Crippen LogP contribution >= 0.6 is 11.6 Å². The van der Waals surface area contributed by atoms with Gasteiger partial charge in [-0.2, -0.15) is 4.98 Å². The van der Waals surface area contributed by atoms with Crippen LogP contribution in [0.25, 0.3) is 11.2 Å². The quantitative estimate of drug-likeness (QED) is 0.653. The van der Waals surface area contributed by atoms with Gasteiger partial charge in [-0.1, -0.05) is 0 Å². The van der Waals surface area contributed by atoms with E-state index in [-0.39, 0.29) is 16.4 Å². The van der Waals surface area contributed by atoms with Crippen molar-refractivity contribution in [1.29, 1.82) is 0 Å². The van der Waals surface area contributed by atoms with Crippen molar-refractivity contribution in [3.05, 3.63) is 26.1 Å². The van der Waals surface area contributed by atoms with Crippen LogP contribution in [0.1, 0.15) is 0 Å². The van der Waals surface area contributed by atoms with Crippen molar-refractivity contribution < 1.29 is 9.59 Å². The van der Waals surface area contributed by atoms with Gasteiger partial charge in [0.1, 0.15) is 6.54 Å². The average molecular weight is 329 g/mol. The van der Waals surface area contributed by atoms with E-state index in [4.69, 9.17) is 11.6 Å². The molecule has 0 fully saturated rings. The number of aryl methyl sites for hydroxylation is 1. The molecule has 2 aromatic heterocycles. The third-order valence-corrected chi connectivity index (χ3v) is 3.37. The SMILES string of the molecule is CNC(=O)NC(=O)Cn1c(Cl)nc2c1c(=O)n(C)c(=O)n2C. The molecule has 2 heterocycles. The Kier molecular flexibility index (Phi) is 4.04. The van der Waals surface area contributed by atoms with Crippen LogP contribution in [0.15, 0.2) is 9.59 Å². The number of imidazole rings is 1. The maximum Gasteiger partial charge on any atom is 0.332 e. The molecule has 0 aliphatic rings. The summed E-state index contributed by atoms with van der Waals surface area (Å²) >= 11 is 5.94. The summed E-state index contributed by atoms with van der Waals surface area (Å²) < 4.78 is 3.17. The molecule has 0 atom stereocenters. The molecule has 2 aromatic rings. The van der Waals surface area contributed by atoms with Crippen LogP contribution in [0.5, 0.6) is 0 Å². The molecule has 0 radical (unpaired) electrons. The Bertz CT molecular complexity index is 893. The zero-order chi connectivity index (χ0) is 16.6. The summed E-state index contributed by atoms with van der Waals surface area (Å²) in [6.45, 7) is -0.393.